The fourth-order valence-electron chi connectivity index (χ4n) is 2.91. The van der Waals surface area contributed by atoms with E-state index in [2.05, 4.69) is 18.7 Å². The molecule has 116 valence electrons. The van der Waals surface area contributed by atoms with E-state index in [0.29, 0.717) is 23.3 Å². The quantitative estimate of drug-likeness (QED) is 0.681. The fraction of sp³-hybridized carbons (Fsp3) is 0.588. The van der Waals surface area contributed by atoms with Crippen molar-refractivity contribution in [3.63, 3.8) is 0 Å². The summed E-state index contributed by atoms with van der Waals surface area (Å²) in [6.07, 6.45) is 3.44. The summed E-state index contributed by atoms with van der Waals surface area (Å²) in [4.78, 5) is 14.4. The van der Waals surface area contributed by atoms with E-state index >= 15 is 0 Å². The van der Waals surface area contributed by atoms with Gasteiger partial charge in [-0.3, -0.25) is 0 Å². The number of para-hydroxylation sites is 1. The average molecular weight is 290 g/mol. The van der Waals surface area contributed by atoms with Gasteiger partial charge in [0.1, 0.15) is 0 Å². The molecule has 4 nitrogen and oxygen atoms in total. The number of rotatable bonds is 4. The molecule has 1 aliphatic heterocycles. The van der Waals surface area contributed by atoms with Crippen LogP contribution in [-0.4, -0.2) is 25.7 Å². The number of hydrogen-bond acceptors (Lipinski definition) is 4. The van der Waals surface area contributed by atoms with Crippen LogP contribution in [-0.2, 0) is 4.74 Å². The summed E-state index contributed by atoms with van der Waals surface area (Å²) < 4.78 is 5.16. The van der Waals surface area contributed by atoms with Crippen LogP contribution in [0.15, 0.2) is 18.2 Å². The molecule has 0 saturated carbocycles. The Morgan fingerprint density at radius 2 is 2.00 bits per heavy atom. The molecule has 1 aliphatic rings. The van der Waals surface area contributed by atoms with Crippen molar-refractivity contribution in [3.8, 4) is 0 Å². The maximum absolute atomic E-state index is 12.1. The molecule has 0 unspecified atom stereocenters. The first-order valence-corrected chi connectivity index (χ1v) is 7.81. The summed E-state index contributed by atoms with van der Waals surface area (Å²) >= 11 is 0. The Bertz CT molecular complexity index is 506. The number of nitrogens with two attached hydrogens (primary N) is 1. The van der Waals surface area contributed by atoms with Gasteiger partial charge in [0, 0.05) is 13.1 Å². The van der Waals surface area contributed by atoms with Gasteiger partial charge in [0.2, 0.25) is 0 Å². The van der Waals surface area contributed by atoms with Crippen molar-refractivity contribution in [1.82, 2.24) is 0 Å². The second kappa shape index (κ2) is 6.37. The smallest absolute Gasteiger partial charge is 0.340 e. The number of nitrogens with zero attached hydrogens (tertiary/aromatic N) is 1. The van der Waals surface area contributed by atoms with E-state index in [9.17, 15) is 4.79 Å². The molecule has 1 heterocycles. The lowest BCUT2D eigenvalue weighted by molar-refractivity contribution is 0.0527. The monoisotopic (exact) mass is 290 g/mol. The molecular formula is C17H26N2O2. The molecule has 0 atom stereocenters. The van der Waals surface area contributed by atoms with Crippen LogP contribution in [0.5, 0.6) is 0 Å². The van der Waals surface area contributed by atoms with Crippen molar-refractivity contribution in [2.45, 2.75) is 40.0 Å². The topological polar surface area (TPSA) is 55.6 Å². The van der Waals surface area contributed by atoms with Crippen molar-refractivity contribution >= 4 is 17.3 Å². The Labute approximate surface area is 127 Å². The Kier molecular flexibility index (Phi) is 4.76. The van der Waals surface area contributed by atoms with Crippen LogP contribution in [0.3, 0.4) is 0 Å². The largest absolute Gasteiger partial charge is 0.462 e. The van der Waals surface area contributed by atoms with E-state index in [1.807, 2.05) is 19.1 Å². The van der Waals surface area contributed by atoms with Crippen molar-refractivity contribution in [2.75, 3.05) is 30.3 Å². The third-order valence-electron chi connectivity index (χ3n) is 4.70. The van der Waals surface area contributed by atoms with E-state index in [1.54, 1.807) is 6.07 Å². The number of benzene rings is 1. The molecular weight excluding hydrogens is 264 g/mol. The summed E-state index contributed by atoms with van der Waals surface area (Å²) in [6, 6.07) is 5.47. The van der Waals surface area contributed by atoms with Crippen molar-refractivity contribution in [1.29, 1.82) is 0 Å². The third kappa shape index (κ3) is 3.31. The maximum atomic E-state index is 12.1. The third-order valence-corrected chi connectivity index (χ3v) is 4.70. The number of carbonyl (C=O) groups excluding carboxylic acids is 1. The number of carbonyl (C=O) groups is 1. The second-order valence-electron chi connectivity index (χ2n) is 6.12. The van der Waals surface area contributed by atoms with Crippen molar-refractivity contribution < 1.29 is 9.53 Å². The summed E-state index contributed by atoms with van der Waals surface area (Å²) in [5.41, 5.74) is 8.62. The first-order valence-electron chi connectivity index (χ1n) is 7.81. The van der Waals surface area contributed by atoms with Gasteiger partial charge >= 0.3 is 5.97 Å². The Hall–Kier alpha value is -1.71. The van der Waals surface area contributed by atoms with Crippen LogP contribution in [0.25, 0.3) is 0 Å². The van der Waals surface area contributed by atoms with Gasteiger partial charge in [-0.05, 0) is 37.3 Å². The van der Waals surface area contributed by atoms with Crippen LogP contribution in [0.1, 0.15) is 50.4 Å². The summed E-state index contributed by atoms with van der Waals surface area (Å²) in [5, 5.41) is 0. The molecule has 0 aromatic heterocycles. The minimum Gasteiger partial charge on any atom is -0.462 e. The highest BCUT2D eigenvalue weighted by molar-refractivity contribution is 5.99. The molecule has 0 spiro atoms. The number of ether oxygens (including phenoxy) is 1. The van der Waals surface area contributed by atoms with Gasteiger partial charge in [0.15, 0.2) is 0 Å². The first-order chi connectivity index (χ1) is 10.0. The van der Waals surface area contributed by atoms with Crippen LogP contribution >= 0.6 is 0 Å². The van der Waals surface area contributed by atoms with Gasteiger partial charge in [-0.2, -0.15) is 0 Å². The van der Waals surface area contributed by atoms with Gasteiger partial charge in [0.25, 0.3) is 0 Å². The lowest BCUT2D eigenvalue weighted by Crippen LogP contribution is -2.39. The Morgan fingerprint density at radius 3 is 2.57 bits per heavy atom. The SMILES string of the molecule is CCOC(=O)c1cccc(N)c1N1CCC(C)(CC)CC1. The van der Waals surface area contributed by atoms with Gasteiger partial charge in [-0.1, -0.05) is 26.3 Å². The van der Waals surface area contributed by atoms with Gasteiger partial charge < -0.3 is 15.4 Å². The van der Waals surface area contributed by atoms with Crippen LogP contribution in [0.2, 0.25) is 0 Å². The average Bonchev–Trinajstić information content (AvgIpc) is 2.48. The van der Waals surface area contributed by atoms with Crippen LogP contribution < -0.4 is 10.6 Å². The highest BCUT2D eigenvalue weighted by atomic mass is 16.5. The zero-order valence-corrected chi connectivity index (χ0v) is 13.3. The molecule has 1 fully saturated rings. The van der Waals surface area contributed by atoms with Gasteiger partial charge in [-0.25, -0.2) is 4.79 Å². The van der Waals surface area contributed by atoms with E-state index in [0.717, 1.165) is 31.6 Å². The molecule has 1 aromatic rings. The number of esters is 1. The molecule has 0 radical (unpaired) electrons. The molecule has 2 rings (SSSR count). The molecule has 21 heavy (non-hydrogen) atoms. The fourth-order valence-corrected chi connectivity index (χ4v) is 2.91. The number of piperidine rings is 1. The summed E-state index contributed by atoms with van der Waals surface area (Å²) in [5.74, 6) is -0.288. The Balaban J connectivity index is 2.26. The molecule has 0 aliphatic carbocycles. The number of anilines is 2. The highest BCUT2D eigenvalue weighted by Gasteiger charge is 2.30. The molecule has 4 heteroatoms. The van der Waals surface area contributed by atoms with Crippen molar-refractivity contribution in [2.24, 2.45) is 5.41 Å². The van der Waals surface area contributed by atoms with Crippen molar-refractivity contribution in [3.05, 3.63) is 23.8 Å². The highest BCUT2D eigenvalue weighted by Crippen LogP contribution is 2.38. The van der Waals surface area contributed by atoms with Crippen LogP contribution in [0.4, 0.5) is 11.4 Å². The molecule has 1 saturated heterocycles. The van der Waals surface area contributed by atoms with Gasteiger partial charge in [0.05, 0.1) is 23.5 Å². The van der Waals surface area contributed by atoms with E-state index in [4.69, 9.17) is 10.5 Å². The summed E-state index contributed by atoms with van der Waals surface area (Å²) in [6.45, 7) is 8.65. The van der Waals surface area contributed by atoms with Crippen LogP contribution in [0, 0.1) is 5.41 Å². The molecule has 0 amide bonds. The second-order valence-corrected chi connectivity index (χ2v) is 6.12. The van der Waals surface area contributed by atoms with E-state index in [-0.39, 0.29) is 5.97 Å². The number of nitrogen functional groups attached to an aromatic ring is 1. The minimum atomic E-state index is -0.288. The van der Waals surface area contributed by atoms with E-state index < -0.39 is 0 Å². The van der Waals surface area contributed by atoms with Gasteiger partial charge in [-0.15, -0.1) is 0 Å². The minimum absolute atomic E-state index is 0.288. The number of hydrogen-bond donors (Lipinski definition) is 1. The Morgan fingerprint density at radius 1 is 1.33 bits per heavy atom. The predicted octanol–water partition coefficient (Wildman–Crippen LogP) is 3.46. The first kappa shape index (κ1) is 15.7. The normalized spacial score (nSPS) is 17.6. The molecule has 0 bridgehead atoms. The zero-order valence-electron chi connectivity index (χ0n) is 13.3. The summed E-state index contributed by atoms with van der Waals surface area (Å²) in [7, 11) is 0. The lowest BCUT2D eigenvalue weighted by Gasteiger charge is -2.40. The maximum Gasteiger partial charge on any atom is 0.340 e. The zero-order chi connectivity index (χ0) is 15.5. The standard InChI is InChI=1S/C17H26N2O2/c1-4-17(3)9-11-19(12-10-17)15-13(16(20)21-5-2)7-6-8-14(15)18/h6-8H,4-5,9-12,18H2,1-3H3. The predicted molar refractivity (Wildman–Crippen MR) is 86.7 cm³/mol. The molecule has 1 aromatic carbocycles. The lowest BCUT2D eigenvalue weighted by atomic mass is 9.78. The molecule has 2 N–H and O–H groups in total. The van der Waals surface area contributed by atoms with E-state index in [1.165, 1.54) is 6.42 Å².